The Morgan fingerprint density at radius 1 is 0.969 bits per heavy atom. The lowest BCUT2D eigenvalue weighted by atomic mass is 9.93. The number of amides is 3. The molecule has 0 bridgehead atoms. The van der Waals surface area contributed by atoms with E-state index in [0.717, 1.165) is 62.9 Å². The average molecular weight is 442 g/mol. The van der Waals surface area contributed by atoms with E-state index in [1.165, 1.54) is 0 Å². The largest absolute Gasteiger partial charge is 0.342 e. The standard InChI is InChI=1S/C26H39N3O3/c1-4-6-14-27(15-7-5-2)25(31)21-12-16-28(17-13-21)26(32)22-18-24(30)29(19-22)23-10-8-20(3)9-11-23/h8-11,21-22H,4-7,12-19H2,1-3H3. The normalized spacial score (nSPS) is 19.5. The van der Waals surface area contributed by atoms with Crippen molar-refractivity contribution >= 4 is 23.4 Å². The molecule has 2 aliphatic heterocycles. The number of piperidine rings is 1. The number of unbranched alkanes of at least 4 members (excludes halogenated alkanes) is 2. The maximum atomic E-state index is 13.1. The summed E-state index contributed by atoms with van der Waals surface area (Å²) in [5.41, 5.74) is 2.01. The van der Waals surface area contributed by atoms with Gasteiger partial charge < -0.3 is 14.7 Å². The van der Waals surface area contributed by atoms with Crippen molar-refractivity contribution in [2.24, 2.45) is 11.8 Å². The lowest BCUT2D eigenvalue weighted by Crippen LogP contribution is -2.46. The van der Waals surface area contributed by atoms with Crippen molar-refractivity contribution in [2.45, 2.75) is 65.7 Å². The number of anilines is 1. The summed E-state index contributed by atoms with van der Waals surface area (Å²) in [6.07, 6.45) is 5.97. The third kappa shape index (κ3) is 5.90. The number of likely N-dealkylation sites (tertiary alicyclic amines) is 1. The van der Waals surface area contributed by atoms with Gasteiger partial charge in [-0.2, -0.15) is 0 Å². The molecule has 1 atom stereocenters. The van der Waals surface area contributed by atoms with Crippen molar-refractivity contribution in [3.63, 3.8) is 0 Å². The molecule has 0 spiro atoms. The number of carbonyl (C=O) groups excluding carboxylic acids is 3. The number of hydrogen-bond acceptors (Lipinski definition) is 3. The fourth-order valence-electron chi connectivity index (χ4n) is 4.74. The summed E-state index contributed by atoms with van der Waals surface area (Å²) >= 11 is 0. The molecule has 32 heavy (non-hydrogen) atoms. The summed E-state index contributed by atoms with van der Waals surface area (Å²) in [5.74, 6) is 0.0664. The molecule has 0 saturated carbocycles. The molecule has 2 fully saturated rings. The molecule has 3 amide bonds. The first-order valence-corrected chi connectivity index (χ1v) is 12.4. The van der Waals surface area contributed by atoms with Crippen molar-refractivity contribution in [1.82, 2.24) is 9.80 Å². The first-order valence-electron chi connectivity index (χ1n) is 12.4. The Balaban J connectivity index is 1.53. The van der Waals surface area contributed by atoms with E-state index in [2.05, 4.69) is 13.8 Å². The molecular formula is C26H39N3O3. The van der Waals surface area contributed by atoms with E-state index < -0.39 is 0 Å². The van der Waals surface area contributed by atoms with Crippen molar-refractivity contribution in [2.75, 3.05) is 37.6 Å². The van der Waals surface area contributed by atoms with E-state index in [0.29, 0.717) is 19.6 Å². The van der Waals surface area contributed by atoms with Gasteiger partial charge >= 0.3 is 0 Å². The summed E-state index contributed by atoms with van der Waals surface area (Å²) in [6.45, 7) is 9.67. The molecular weight excluding hydrogens is 402 g/mol. The molecule has 2 aliphatic rings. The smallest absolute Gasteiger partial charge is 0.228 e. The van der Waals surface area contributed by atoms with Crippen molar-refractivity contribution < 1.29 is 14.4 Å². The van der Waals surface area contributed by atoms with Crippen LogP contribution in [0.5, 0.6) is 0 Å². The minimum Gasteiger partial charge on any atom is -0.342 e. The van der Waals surface area contributed by atoms with Gasteiger partial charge in [0, 0.05) is 50.7 Å². The van der Waals surface area contributed by atoms with E-state index in [4.69, 9.17) is 0 Å². The van der Waals surface area contributed by atoms with Gasteiger partial charge in [-0.05, 0) is 44.7 Å². The van der Waals surface area contributed by atoms with Gasteiger partial charge in [0.1, 0.15) is 0 Å². The Hall–Kier alpha value is -2.37. The predicted molar refractivity (Wildman–Crippen MR) is 127 cm³/mol. The zero-order chi connectivity index (χ0) is 23.1. The monoisotopic (exact) mass is 441 g/mol. The SMILES string of the molecule is CCCCN(CCCC)C(=O)C1CCN(C(=O)C2CC(=O)N(c3ccc(C)cc3)C2)CC1. The molecule has 1 unspecified atom stereocenters. The zero-order valence-electron chi connectivity index (χ0n) is 20.0. The van der Waals surface area contributed by atoms with Crippen molar-refractivity contribution in [1.29, 1.82) is 0 Å². The molecule has 1 aromatic carbocycles. The number of hydrogen-bond donors (Lipinski definition) is 0. The van der Waals surface area contributed by atoms with Gasteiger partial charge in [-0.1, -0.05) is 44.4 Å². The van der Waals surface area contributed by atoms with Crippen LogP contribution in [-0.4, -0.2) is 60.2 Å². The molecule has 0 radical (unpaired) electrons. The lowest BCUT2D eigenvalue weighted by Gasteiger charge is -2.35. The Kier molecular flexibility index (Phi) is 8.71. The predicted octanol–water partition coefficient (Wildman–Crippen LogP) is 4.02. The molecule has 6 heteroatoms. The fourth-order valence-corrected chi connectivity index (χ4v) is 4.74. The highest BCUT2D eigenvalue weighted by Crippen LogP contribution is 2.28. The molecule has 176 valence electrons. The Morgan fingerprint density at radius 3 is 2.12 bits per heavy atom. The third-order valence-electron chi connectivity index (χ3n) is 6.85. The van der Waals surface area contributed by atoms with Crippen LogP contribution in [0.1, 0.15) is 64.4 Å². The van der Waals surface area contributed by atoms with E-state index in [9.17, 15) is 14.4 Å². The quantitative estimate of drug-likeness (QED) is 0.582. The van der Waals surface area contributed by atoms with Crippen LogP contribution in [0.15, 0.2) is 24.3 Å². The van der Waals surface area contributed by atoms with Crippen LogP contribution in [0.2, 0.25) is 0 Å². The fraction of sp³-hybridized carbons (Fsp3) is 0.654. The number of benzene rings is 1. The summed E-state index contributed by atoms with van der Waals surface area (Å²) in [7, 11) is 0. The molecule has 3 rings (SSSR count). The van der Waals surface area contributed by atoms with E-state index in [-0.39, 0.29) is 36.0 Å². The highest BCUT2D eigenvalue weighted by Gasteiger charge is 2.39. The molecule has 2 heterocycles. The van der Waals surface area contributed by atoms with Gasteiger partial charge in [-0.25, -0.2) is 0 Å². The van der Waals surface area contributed by atoms with Gasteiger partial charge in [0.15, 0.2) is 0 Å². The molecule has 2 saturated heterocycles. The second-order valence-electron chi connectivity index (χ2n) is 9.37. The lowest BCUT2D eigenvalue weighted by molar-refractivity contribution is -0.142. The zero-order valence-corrected chi connectivity index (χ0v) is 20.0. The van der Waals surface area contributed by atoms with Gasteiger partial charge in [-0.3, -0.25) is 14.4 Å². The van der Waals surface area contributed by atoms with Crippen LogP contribution in [0.4, 0.5) is 5.69 Å². The van der Waals surface area contributed by atoms with Gasteiger partial charge in [0.25, 0.3) is 0 Å². The summed E-state index contributed by atoms with van der Waals surface area (Å²) in [5, 5.41) is 0. The van der Waals surface area contributed by atoms with Crippen LogP contribution in [0, 0.1) is 18.8 Å². The first kappa shape index (κ1) is 24.3. The van der Waals surface area contributed by atoms with E-state index in [1.807, 2.05) is 41.0 Å². The van der Waals surface area contributed by atoms with Crippen molar-refractivity contribution in [3.05, 3.63) is 29.8 Å². The molecule has 6 nitrogen and oxygen atoms in total. The summed E-state index contributed by atoms with van der Waals surface area (Å²) < 4.78 is 0. The topological polar surface area (TPSA) is 60.9 Å². The Bertz CT molecular complexity index is 776. The summed E-state index contributed by atoms with van der Waals surface area (Å²) in [4.78, 5) is 44.4. The number of carbonyl (C=O) groups is 3. The van der Waals surface area contributed by atoms with Crippen LogP contribution >= 0.6 is 0 Å². The van der Waals surface area contributed by atoms with Crippen LogP contribution in [0.3, 0.4) is 0 Å². The molecule has 1 aromatic rings. The number of rotatable bonds is 9. The molecule has 0 N–H and O–H groups in total. The summed E-state index contributed by atoms with van der Waals surface area (Å²) in [6, 6.07) is 7.87. The first-order chi connectivity index (χ1) is 15.4. The number of aryl methyl sites for hydroxylation is 1. The van der Waals surface area contributed by atoms with Crippen molar-refractivity contribution in [3.8, 4) is 0 Å². The van der Waals surface area contributed by atoms with E-state index >= 15 is 0 Å². The minimum absolute atomic E-state index is 0.0137. The molecule has 0 aromatic heterocycles. The second-order valence-corrected chi connectivity index (χ2v) is 9.37. The van der Waals surface area contributed by atoms with Gasteiger partial charge in [0.2, 0.25) is 17.7 Å². The van der Waals surface area contributed by atoms with Gasteiger partial charge in [-0.15, -0.1) is 0 Å². The Morgan fingerprint density at radius 2 is 1.56 bits per heavy atom. The Labute approximate surface area is 192 Å². The minimum atomic E-state index is -0.290. The second kappa shape index (κ2) is 11.5. The average Bonchev–Trinajstić information content (AvgIpc) is 3.20. The third-order valence-corrected chi connectivity index (χ3v) is 6.85. The van der Waals surface area contributed by atoms with Crippen LogP contribution in [-0.2, 0) is 14.4 Å². The van der Waals surface area contributed by atoms with Gasteiger partial charge in [0.05, 0.1) is 5.92 Å². The molecule has 0 aliphatic carbocycles. The van der Waals surface area contributed by atoms with E-state index in [1.54, 1.807) is 4.90 Å². The number of nitrogens with zero attached hydrogens (tertiary/aromatic N) is 3. The maximum Gasteiger partial charge on any atom is 0.228 e. The van der Waals surface area contributed by atoms with Crippen LogP contribution < -0.4 is 4.90 Å². The maximum absolute atomic E-state index is 13.1. The highest BCUT2D eigenvalue weighted by molar-refractivity contribution is 6.00. The highest BCUT2D eigenvalue weighted by atomic mass is 16.2. The van der Waals surface area contributed by atoms with Crippen LogP contribution in [0.25, 0.3) is 0 Å².